The van der Waals surface area contributed by atoms with Crippen LogP contribution in [0.1, 0.15) is 0 Å². The second-order valence-corrected chi connectivity index (χ2v) is 3.02. The zero-order chi connectivity index (χ0) is 9.26. The van der Waals surface area contributed by atoms with Gasteiger partial charge in [0.15, 0.2) is 0 Å². The van der Waals surface area contributed by atoms with Gasteiger partial charge in [-0.3, -0.25) is 10.3 Å². The Morgan fingerprint density at radius 1 is 1.00 bits per heavy atom. The summed E-state index contributed by atoms with van der Waals surface area (Å²) in [5.41, 5.74) is 0.832. The highest BCUT2D eigenvalue weighted by atomic mass is 16.5. The molecule has 2 heteroatoms. The summed E-state index contributed by atoms with van der Waals surface area (Å²) in [4.78, 5) is 0. The van der Waals surface area contributed by atoms with Gasteiger partial charge in [-0.05, 0) is 11.5 Å². The van der Waals surface area contributed by atoms with Crippen LogP contribution in [0.3, 0.4) is 0 Å². The monoisotopic (exact) mass is 173 g/mol. The van der Waals surface area contributed by atoms with Crippen LogP contribution in [0.25, 0.3) is 10.8 Å². The summed E-state index contributed by atoms with van der Waals surface area (Å²) in [6.45, 7) is 0. The molecule has 0 radical (unpaired) electrons. The van der Waals surface area contributed by atoms with Gasteiger partial charge in [-0.25, -0.2) is 0 Å². The first-order chi connectivity index (χ1) is 6.29. The summed E-state index contributed by atoms with van der Waals surface area (Å²) in [6, 6.07) is 13.8. The summed E-state index contributed by atoms with van der Waals surface area (Å²) in [5, 5.41) is 12.7. The third-order valence-corrected chi connectivity index (χ3v) is 2.12. The van der Waals surface area contributed by atoms with Crippen molar-refractivity contribution >= 4 is 16.5 Å². The molecular formula is C11H11NO. The molecule has 0 aromatic heterocycles. The second kappa shape index (κ2) is 3.07. The molecule has 1 N–H and O–H groups in total. The summed E-state index contributed by atoms with van der Waals surface area (Å²) in [6.07, 6.45) is 0. The fourth-order valence-electron chi connectivity index (χ4n) is 1.49. The molecular weight excluding hydrogens is 162 g/mol. The van der Waals surface area contributed by atoms with E-state index in [0.29, 0.717) is 0 Å². The lowest BCUT2D eigenvalue weighted by Gasteiger charge is -2.12. The number of hydroxylamine groups is 1. The average molecular weight is 173 g/mol. The summed E-state index contributed by atoms with van der Waals surface area (Å²) < 4.78 is 0. The van der Waals surface area contributed by atoms with E-state index in [2.05, 4.69) is 0 Å². The molecule has 0 saturated heterocycles. The highest BCUT2D eigenvalue weighted by Crippen LogP contribution is 2.24. The molecule has 2 aromatic rings. The van der Waals surface area contributed by atoms with Gasteiger partial charge in [0.2, 0.25) is 0 Å². The van der Waals surface area contributed by atoms with E-state index in [1.807, 2.05) is 42.5 Å². The molecule has 0 aliphatic carbocycles. The molecule has 0 aliphatic heterocycles. The van der Waals surface area contributed by atoms with Gasteiger partial charge in [0.1, 0.15) is 0 Å². The summed E-state index contributed by atoms with van der Waals surface area (Å²) in [5.74, 6) is 0. The minimum atomic E-state index is 0.832. The maximum absolute atomic E-state index is 9.36. The van der Waals surface area contributed by atoms with Crippen LogP contribution < -0.4 is 5.06 Å². The number of fused-ring (bicyclic) bond motifs is 1. The first kappa shape index (κ1) is 8.08. The highest BCUT2D eigenvalue weighted by molar-refractivity contribution is 5.93. The second-order valence-electron chi connectivity index (χ2n) is 3.02. The molecule has 0 fully saturated rings. The van der Waals surface area contributed by atoms with Gasteiger partial charge in [-0.1, -0.05) is 36.4 Å². The standard InChI is InChI=1S/C11H11NO/c1-12(13)11-8-4-6-9-5-2-3-7-10(9)11/h2-8,13H,1H3. The smallest absolute Gasteiger partial charge is 0.0709 e. The third kappa shape index (κ3) is 1.36. The molecule has 2 nitrogen and oxygen atoms in total. The molecule has 0 amide bonds. The summed E-state index contributed by atoms with van der Waals surface area (Å²) >= 11 is 0. The first-order valence-electron chi connectivity index (χ1n) is 4.19. The van der Waals surface area contributed by atoms with E-state index in [9.17, 15) is 5.21 Å². The normalized spacial score (nSPS) is 10.3. The highest BCUT2D eigenvalue weighted by Gasteiger charge is 2.01. The maximum Gasteiger partial charge on any atom is 0.0709 e. The molecule has 66 valence electrons. The van der Waals surface area contributed by atoms with Crippen molar-refractivity contribution in [3.63, 3.8) is 0 Å². The molecule has 0 atom stereocenters. The van der Waals surface area contributed by atoms with E-state index in [0.717, 1.165) is 21.5 Å². The van der Waals surface area contributed by atoms with Crippen LogP contribution in [0.5, 0.6) is 0 Å². The van der Waals surface area contributed by atoms with Crippen LogP contribution in [0.2, 0.25) is 0 Å². The minimum Gasteiger partial charge on any atom is -0.289 e. The van der Waals surface area contributed by atoms with Crippen molar-refractivity contribution in [2.45, 2.75) is 0 Å². The lowest BCUT2D eigenvalue weighted by Crippen LogP contribution is -2.09. The van der Waals surface area contributed by atoms with Gasteiger partial charge < -0.3 is 0 Å². The van der Waals surface area contributed by atoms with Crippen LogP contribution in [-0.4, -0.2) is 12.3 Å². The molecule has 2 rings (SSSR count). The van der Waals surface area contributed by atoms with Crippen LogP contribution in [-0.2, 0) is 0 Å². The number of hydrogen-bond donors (Lipinski definition) is 1. The third-order valence-electron chi connectivity index (χ3n) is 2.12. The van der Waals surface area contributed by atoms with Crippen molar-refractivity contribution in [1.82, 2.24) is 0 Å². The van der Waals surface area contributed by atoms with Crippen LogP contribution >= 0.6 is 0 Å². The zero-order valence-corrected chi connectivity index (χ0v) is 7.44. The quantitative estimate of drug-likeness (QED) is 0.670. The number of rotatable bonds is 1. The van der Waals surface area contributed by atoms with Crippen LogP contribution in [0, 0.1) is 0 Å². The molecule has 13 heavy (non-hydrogen) atoms. The maximum atomic E-state index is 9.36. The van der Waals surface area contributed by atoms with E-state index in [-0.39, 0.29) is 0 Å². The Bertz CT molecular complexity index is 418. The van der Waals surface area contributed by atoms with E-state index in [4.69, 9.17) is 0 Å². The fourth-order valence-corrected chi connectivity index (χ4v) is 1.49. The van der Waals surface area contributed by atoms with Gasteiger partial charge in [-0.2, -0.15) is 0 Å². The lowest BCUT2D eigenvalue weighted by molar-refractivity contribution is 0.280. The largest absolute Gasteiger partial charge is 0.289 e. The fraction of sp³-hybridized carbons (Fsp3) is 0.0909. The van der Waals surface area contributed by atoms with Gasteiger partial charge >= 0.3 is 0 Å². The molecule has 0 bridgehead atoms. The Morgan fingerprint density at radius 3 is 2.46 bits per heavy atom. The van der Waals surface area contributed by atoms with E-state index in [1.54, 1.807) is 7.05 Å². The predicted octanol–water partition coefficient (Wildman–Crippen LogP) is 2.67. The SMILES string of the molecule is CN(O)c1cccc2ccccc12. The van der Waals surface area contributed by atoms with Crippen molar-refractivity contribution in [3.8, 4) is 0 Å². The van der Waals surface area contributed by atoms with Gasteiger partial charge in [0.25, 0.3) is 0 Å². The van der Waals surface area contributed by atoms with Gasteiger partial charge in [0, 0.05) is 12.4 Å². The Hall–Kier alpha value is -1.54. The molecule has 0 spiro atoms. The van der Waals surface area contributed by atoms with Crippen molar-refractivity contribution in [3.05, 3.63) is 42.5 Å². The number of anilines is 1. The molecule has 0 unspecified atom stereocenters. The van der Waals surface area contributed by atoms with Crippen LogP contribution in [0.15, 0.2) is 42.5 Å². The Morgan fingerprint density at radius 2 is 1.69 bits per heavy atom. The Balaban J connectivity index is 2.76. The topological polar surface area (TPSA) is 23.5 Å². The molecule has 2 aromatic carbocycles. The number of hydrogen-bond acceptors (Lipinski definition) is 2. The van der Waals surface area contributed by atoms with Gasteiger partial charge in [0.05, 0.1) is 5.69 Å². The molecule has 0 heterocycles. The first-order valence-corrected chi connectivity index (χ1v) is 4.19. The van der Waals surface area contributed by atoms with Crippen molar-refractivity contribution in [2.24, 2.45) is 0 Å². The van der Waals surface area contributed by atoms with Crippen molar-refractivity contribution in [1.29, 1.82) is 0 Å². The minimum absolute atomic E-state index is 0.832. The number of nitrogens with zero attached hydrogens (tertiary/aromatic N) is 1. The number of benzene rings is 2. The van der Waals surface area contributed by atoms with E-state index in [1.165, 1.54) is 0 Å². The molecule has 0 saturated carbocycles. The summed E-state index contributed by atoms with van der Waals surface area (Å²) in [7, 11) is 1.63. The lowest BCUT2D eigenvalue weighted by atomic mass is 10.1. The van der Waals surface area contributed by atoms with E-state index < -0.39 is 0 Å². The average Bonchev–Trinajstić information content (AvgIpc) is 2.17. The van der Waals surface area contributed by atoms with Crippen molar-refractivity contribution in [2.75, 3.05) is 12.1 Å². The predicted molar refractivity (Wildman–Crippen MR) is 54.1 cm³/mol. The van der Waals surface area contributed by atoms with Crippen molar-refractivity contribution < 1.29 is 5.21 Å². The van der Waals surface area contributed by atoms with E-state index >= 15 is 0 Å². The zero-order valence-electron chi connectivity index (χ0n) is 7.44. The Labute approximate surface area is 77.0 Å². The van der Waals surface area contributed by atoms with Gasteiger partial charge in [-0.15, -0.1) is 0 Å². The Kier molecular flexibility index (Phi) is 1.91. The molecule has 0 aliphatic rings. The van der Waals surface area contributed by atoms with Crippen LogP contribution in [0.4, 0.5) is 5.69 Å².